The third-order valence-electron chi connectivity index (χ3n) is 2.61. The maximum atomic E-state index is 12.1. The van der Waals surface area contributed by atoms with Crippen LogP contribution in [0.15, 0.2) is 18.2 Å². The van der Waals surface area contributed by atoms with Gasteiger partial charge < -0.3 is 21.1 Å². The molecule has 1 aromatic carbocycles. The molecule has 0 unspecified atom stereocenters. The smallest absolute Gasteiger partial charge is 0.307 e. The second-order valence-corrected chi connectivity index (χ2v) is 4.13. The molecule has 0 saturated heterocycles. The molecule has 0 fully saturated rings. The molecule has 6 nitrogen and oxygen atoms in total. The fraction of sp³-hybridized carbons (Fsp3) is 0.385. The predicted molar refractivity (Wildman–Crippen MR) is 73.5 cm³/mol. The number of nitrogen functional groups attached to an aromatic ring is 2. The third kappa shape index (κ3) is 4.17. The zero-order chi connectivity index (χ0) is 14.4. The van der Waals surface area contributed by atoms with Gasteiger partial charge in [-0.15, -0.1) is 0 Å². The Bertz CT molecular complexity index is 474. The Labute approximate surface area is 112 Å². The molecule has 1 aromatic rings. The van der Waals surface area contributed by atoms with Crippen molar-refractivity contribution in [3.63, 3.8) is 0 Å². The van der Waals surface area contributed by atoms with Crippen molar-refractivity contribution in [2.45, 2.75) is 13.3 Å². The Morgan fingerprint density at radius 2 is 2.00 bits per heavy atom. The van der Waals surface area contributed by atoms with E-state index in [9.17, 15) is 9.59 Å². The molecule has 0 bridgehead atoms. The lowest BCUT2D eigenvalue weighted by Gasteiger charge is -2.17. The monoisotopic (exact) mass is 265 g/mol. The Morgan fingerprint density at radius 3 is 2.58 bits per heavy atom. The molecular formula is C13H19N3O3. The normalized spacial score (nSPS) is 10.0. The molecule has 1 rings (SSSR count). The lowest BCUT2D eigenvalue weighted by molar-refractivity contribution is -0.143. The Kier molecular flexibility index (Phi) is 5.17. The number of esters is 1. The highest BCUT2D eigenvalue weighted by Crippen LogP contribution is 2.17. The molecule has 4 N–H and O–H groups in total. The number of benzene rings is 1. The van der Waals surface area contributed by atoms with Gasteiger partial charge in [0, 0.05) is 25.0 Å². The molecule has 0 aliphatic heterocycles. The summed E-state index contributed by atoms with van der Waals surface area (Å²) in [6.07, 6.45) is 0.158. The Balaban J connectivity index is 2.64. The summed E-state index contributed by atoms with van der Waals surface area (Å²) < 4.78 is 4.80. The number of carbonyl (C=O) groups excluding carboxylic acids is 2. The fourth-order valence-corrected chi connectivity index (χ4v) is 1.58. The molecule has 0 spiro atoms. The van der Waals surface area contributed by atoms with Gasteiger partial charge in [-0.3, -0.25) is 9.59 Å². The number of hydrogen-bond acceptors (Lipinski definition) is 5. The van der Waals surface area contributed by atoms with E-state index in [1.165, 1.54) is 11.0 Å². The van der Waals surface area contributed by atoms with Gasteiger partial charge in [0.15, 0.2) is 0 Å². The van der Waals surface area contributed by atoms with Crippen molar-refractivity contribution in [3.8, 4) is 0 Å². The first kappa shape index (κ1) is 14.8. The van der Waals surface area contributed by atoms with Crippen LogP contribution in [0.3, 0.4) is 0 Å². The number of anilines is 2. The average Bonchev–Trinajstić information content (AvgIpc) is 2.35. The van der Waals surface area contributed by atoms with Crippen molar-refractivity contribution in [2.24, 2.45) is 0 Å². The molecule has 0 radical (unpaired) electrons. The van der Waals surface area contributed by atoms with Gasteiger partial charge in [-0.05, 0) is 25.1 Å². The zero-order valence-corrected chi connectivity index (χ0v) is 11.2. The Morgan fingerprint density at radius 1 is 1.32 bits per heavy atom. The highest BCUT2D eigenvalue weighted by molar-refractivity contribution is 5.99. The second-order valence-electron chi connectivity index (χ2n) is 4.13. The minimum atomic E-state index is -0.326. The van der Waals surface area contributed by atoms with Gasteiger partial charge in [0.2, 0.25) is 0 Å². The topological polar surface area (TPSA) is 98.6 Å². The summed E-state index contributed by atoms with van der Waals surface area (Å²) in [4.78, 5) is 24.7. The van der Waals surface area contributed by atoms with Crippen molar-refractivity contribution < 1.29 is 14.3 Å². The van der Waals surface area contributed by atoms with E-state index in [-0.39, 0.29) is 24.8 Å². The highest BCUT2D eigenvalue weighted by Gasteiger charge is 2.15. The van der Waals surface area contributed by atoms with E-state index >= 15 is 0 Å². The van der Waals surface area contributed by atoms with Crippen LogP contribution in [-0.4, -0.2) is 37.0 Å². The van der Waals surface area contributed by atoms with Crippen LogP contribution < -0.4 is 11.5 Å². The van der Waals surface area contributed by atoms with E-state index in [0.29, 0.717) is 23.5 Å². The lowest BCUT2D eigenvalue weighted by Crippen LogP contribution is -2.30. The molecule has 0 atom stereocenters. The summed E-state index contributed by atoms with van der Waals surface area (Å²) in [5.74, 6) is -0.575. The summed E-state index contributed by atoms with van der Waals surface area (Å²) in [6, 6.07) is 4.73. The van der Waals surface area contributed by atoms with Crippen LogP contribution in [0.1, 0.15) is 23.7 Å². The van der Waals surface area contributed by atoms with Crippen LogP contribution in [0, 0.1) is 0 Å². The van der Waals surface area contributed by atoms with Crippen LogP contribution in [-0.2, 0) is 9.53 Å². The van der Waals surface area contributed by atoms with Crippen LogP contribution in [0.25, 0.3) is 0 Å². The van der Waals surface area contributed by atoms with Gasteiger partial charge in [0.05, 0.1) is 18.6 Å². The van der Waals surface area contributed by atoms with Crippen LogP contribution in [0.4, 0.5) is 11.4 Å². The molecule has 19 heavy (non-hydrogen) atoms. The molecule has 0 aliphatic carbocycles. The van der Waals surface area contributed by atoms with E-state index in [2.05, 4.69) is 0 Å². The highest BCUT2D eigenvalue weighted by atomic mass is 16.5. The summed E-state index contributed by atoms with van der Waals surface area (Å²) in [5, 5.41) is 0. The quantitative estimate of drug-likeness (QED) is 0.608. The van der Waals surface area contributed by atoms with Gasteiger partial charge >= 0.3 is 5.97 Å². The van der Waals surface area contributed by atoms with E-state index < -0.39 is 0 Å². The van der Waals surface area contributed by atoms with Crippen molar-refractivity contribution in [2.75, 3.05) is 31.7 Å². The molecule has 0 aromatic heterocycles. The predicted octanol–water partition coefficient (Wildman–Crippen LogP) is 0.876. The standard InChI is InChI=1S/C13H19N3O3/c1-3-19-12(17)6-7-16(2)13(18)10-5-4-9(14)8-11(10)15/h4-5,8H,3,6-7,14-15H2,1-2H3. The number of carbonyl (C=O) groups is 2. The minimum Gasteiger partial charge on any atom is -0.466 e. The molecule has 1 amide bonds. The van der Waals surface area contributed by atoms with E-state index in [4.69, 9.17) is 16.2 Å². The molecule has 0 aliphatic rings. The number of amides is 1. The largest absolute Gasteiger partial charge is 0.466 e. The molecular weight excluding hydrogens is 246 g/mol. The van der Waals surface area contributed by atoms with Crippen molar-refractivity contribution in [3.05, 3.63) is 23.8 Å². The first-order valence-electron chi connectivity index (χ1n) is 6.01. The summed E-state index contributed by atoms with van der Waals surface area (Å²) >= 11 is 0. The van der Waals surface area contributed by atoms with Gasteiger partial charge in [-0.25, -0.2) is 0 Å². The number of ether oxygens (including phenoxy) is 1. The van der Waals surface area contributed by atoms with Crippen molar-refractivity contribution in [1.82, 2.24) is 4.90 Å². The number of nitrogens with two attached hydrogens (primary N) is 2. The lowest BCUT2D eigenvalue weighted by atomic mass is 10.1. The minimum absolute atomic E-state index is 0.158. The van der Waals surface area contributed by atoms with E-state index in [1.54, 1.807) is 26.1 Å². The van der Waals surface area contributed by atoms with Gasteiger partial charge in [-0.2, -0.15) is 0 Å². The fourth-order valence-electron chi connectivity index (χ4n) is 1.58. The first-order valence-corrected chi connectivity index (χ1v) is 6.01. The summed E-state index contributed by atoms with van der Waals surface area (Å²) in [7, 11) is 1.61. The van der Waals surface area contributed by atoms with E-state index in [0.717, 1.165) is 0 Å². The van der Waals surface area contributed by atoms with Crippen LogP contribution >= 0.6 is 0 Å². The number of hydrogen-bond donors (Lipinski definition) is 2. The average molecular weight is 265 g/mol. The summed E-state index contributed by atoms with van der Waals surface area (Å²) in [5.41, 5.74) is 12.5. The van der Waals surface area contributed by atoms with Gasteiger partial charge in [-0.1, -0.05) is 0 Å². The second kappa shape index (κ2) is 6.63. The molecule has 0 heterocycles. The first-order chi connectivity index (χ1) is 8.95. The van der Waals surface area contributed by atoms with Gasteiger partial charge in [0.1, 0.15) is 0 Å². The third-order valence-corrected chi connectivity index (χ3v) is 2.61. The van der Waals surface area contributed by atoms with Crippen molar-refractivity contribution >= 4 is 23.3 Å². The molecule has 0 saturated carbocycles. The number of rotatable bonds is 5. The maximum Gasteiger partial charge on any atom is 0.307 e. The maximum absolute atomic E-state index is 12.1. The summed E-state index contributed by atoms with van der Waals surface area (Å²) in [6.45, 7) is 2.35. The number of nitrogens with zero attached hydrogens (tertiary/aromatic N) is 1. The van der Waals surface area contributed by atoms with E-state index in [1.807, 2.05) is 0 Å². The van der Waals surface area contributed by atoms with Crippen LogP contribution in [0.5, 0.6) is 0 Å². The van der Waals surface area contributed by atoms with Crippen molar-refractivity contribution in [1.29, 1.82) is 0 Å². The van der Waals surface area contributed by atoms with Crippen LogP contribution in [0.2, 0.25) is 0 Å². The zero-order valence-electron chi connectivity index (χ0n) is 11.2. The van der Waals surface area contributed by atoms with Gasteiger partial charge in [0.25, 0.3) is 5.91 Å². The SMILES string of the molecule is CCOC(=O)CCN(C)C(=O)c1ccc(N)cc1N. The molecule has 6 heteroatoms. The Hall–Kier alpha value is -2.24. The molecule has 104 valence electrons.